The van der Waals surface area contributed by atoms with Gasteiger partial charge in [0.25, 0.3) is 0 Å². The van der Waals surface area contributed by atoms with Crippen LogP contribution in [0.5, 0.6) is 0 Å². The van der Waals surface area contributed by atoms with Crippen molar-refractivity contribution >= 4 is 23.8 Å². The summed E-state index contributed by atoms with van der Waals surface area (Å²) in [5.41, 5.74) is 5.12. The summed E-state index contributed by atoms with van der Waals surface area (Å²) in [5, 5.41) is 12.4. The molecule has 1 heterocycles. The smallest absolute Gasteiger partial charge is 0.200 e. The molecule has 5 nitrogen and oxygen atoms in total. The number of nitrogens with one attached hydrogen (secondary N) is 1. The quantitative estimate of drug-likeness (QED) is 0.332. The molecule has 1 aliphatic heterocycles. The zero-order valence-corrected chi connectivity index (χ0v) is 8.14. The third-order valence-electron chi connectivity index (χ3n) is 2.24. The van der Waals surface area contributed by atoms with Crippen LogP contribution in [0.25, 0.3) is 0 Å². The normalized spacial score (nSPS) is 20.1. The zero-order chi connectivity index (χ0) is 9.84. The molecule has 0 spiro atoms. The van der Waals surface area contributed by atoms with Crippen LogP contribution in [0.15, 0.2) is 0 Å². The molecule has 0 aromatic carbocycles. The molecule has 74 valence electrons. The third kappa shape index (κ3) is 2.68. The molecule has 1 rings (SSSR count). The lowest BCUT2D eigenvalue weighted by Crippen LogP contribution is -2.37. The number of carbonyl (C=O) groups is 1. The van der Waals surface area contributed by atoms with Gasteiger partial charge in [-0.25, -0.2) is 4.31 Å². The van der Waals surface area contributed by atoms with E-state index in [0.29, 0.717) is 0 Å². The molecule has 5 N–H and O–H groups in total. The van der Waals surface area contributed by atoms with Crippen molar-refractivity contribution in [2.24, 2.45) is 16.8 Å². The Labute approximate surface area is 81.6 Å². The van der Waals surface area contributed by atoms with E-state index in [1.165, 1.54) is 12.1 Å². The van der Waals surface area contributed by atoms with E-state index in [1.54, 1.807) is 0 Å². The summed E-state index contributed by atoms with van der Waals surface area (Å²) >= 11 is 1.20. The summed E-state index contributed by atoms with van der Waals surface area (Å²) in [7, 11) is 0. The fourth-order valence-corrected chi connectivity index (χ4v) is 1.86. The summed E-state index contributed by atoms with van der Waals surface area (Å²) in [4.78, 5) is 11.3. The molecule has 0 radical (unpaired) electrons. The first-order valence-corrected chi connectivity index (χ1v) is 4.99. The Balaban J connectivity index is 2.41. The average molecular weight is 202 g/mol. The lowest BCUT2D eigenvalue weighted by Gasteiger charge is -2.28. The molecule has 0 amide bonds. The van der Waals surface area contributed by atoms with Crippen molar-refractivity contribution in [2.75, 3.05) is 13.1 Å². The second kappa shape index (κ2) is 4.59. The molecule has 1 saturated heterocycles. The number of piperidine rings is 1. The first-order chi connectivity index (χ1) is 6.15. The maximum atomic E-state index is 11.3. The molecule has 1 aliphatic rings. The standard InChI is InChI=1S/C7H14N4OS/c8-7(9)6(12)5-1-3-11(13-10)4-2-5/h5H,1-4,10H2,(H3,8,9). The summed E-state index contributed by atoms with van der Waals surface area (Å²) in [6.07, 6.45) is 1.51. The number of carbonyl (C=O) groups excluding carboxylic acids is 1. The van der Waals surface area contributed by atoms with Crippen LogP contribution in [0, 0.1) is 11.3 Å². The van der Waals surface area contributed by atoms with E-state index >= 15 is 0 Å². The monoisotopic (exact) mass is 202 g/mol. The van der Waals surface area contributed by atoms with Gasteiger partial charge in [-0.2, -0.15) is 0 Å². The Morgan fingerprint density at radius 2 is 2.00 bits per heavy atom. The van der Waals surface area contributed by atoms with Crippen molar-refractivity contribution in [1.82, 2.24) is 4.31 Å². The first kappa shape index (κ1) is 10.5. The largest absolute Gasteiger partial charge is 0.381 e. The summed E-state index contributed by atoms with van der Waals surface area (Å²) in [6, 6.07) is 0. The highest BCUT2D eigenvalue weighted by molar-refractivity contribution is 7.94. The van der Waals surface area contributed by atoms with Gasteiger partial charge < -0.3 is 5.73 Å². The Kier molecular flexibility index (Phi) is 3.71. The summed E-state index contributed by atoms with van der Waals surface area (Å²) < 4.78 is 2.00. The van der Waals surface area contributed by atoms with Gasteiger partial charge in [-0.15, -0.1) is 0 Å². The van der Waals surface area contributed by atoms with Gasteiger partial charge in [-0.3, -0.25) is 15.3 Å². The molecule has 0 unspecified atom stereocenters. The predicted octanol–water partition coefficient (Wildman–Crippen LogP) is -0.275. The minimum absolute atomic E-state index is 0.0686. The Morgan fingerprint density at radius 1 is 1.46 bits per heavy atom. The van der Waals surface area contributed by atoms with Crippen LogP contribution in [-0.2, 0) is 4.79 Å². The number of nitrogens with zero attached hydrogens (tertiary/aromatic N) is 1. The third-order valence-corrected chi connectivity index (χ3v) is 2.90. The second-order valence-electron chi connectivity index (χ2n) is 3.09. The zero-order valence-electron chi connectivity index (χ0n) is 7.32. The van der Waals surface area contributed by atoms with E-state index < -0.39 is 0 Å². The van der Waals surface area contributed by atoms with E-state index in [0.717, 1.165) is 25.9 Å². The average Bonchev–Trinajstić information content (AvgIpc) is 2.17. The Hall–Kier alpha value is -0.590. The SMILES string of the molecule is N=C(N)C(=O)C1CCN(SN)CC1. The van der Waals surface area contributed by atoms with E-state index in [9.17, 15) is 4.79 Å². The van der Waals surface area contributed by atoms with E-state index in [-0.39, 0.29) is 17.5 Å². The van der Waals surface area contributed by atoms with Crippen molar-refractivity contribution in [3.05, 3.63) is 0 Å². The lowest BCUT2D eigenvalue weighted by molar-refractivity contribution is -0.117. The molecule has 0 atom stereocenters. The van der Waals surface area contributed by atoms with Gasteiger partial charge >= 0.3 is 0 Å². The minimum Gasteiger partial charge on any atom is -0.381 e. The van der Waals surface area contributed by atoms with Gasteiger partial charge in [-0.1, -0.05) is 0 Å². The first-order valence-electron chi connectivity index (χ1n) is 4.15. The van der Waals surface area contributed by atoms with Gasteiger partial charge in [0, 0.05) is 31.1 Å². The summed E-state index contributed by atoms with van der Waals surface area (Å²) in [6.45, 7) is 1.59. The lowest BCUT2D eigenvalue weighted by atomic mass is 9.93. The maximum Gasteiger partial charge on any atom is 0.200 e. The maximum absolute atomic E-state index is 11.3. The minimum atomic E-state index is -0.321. The van der Waals surface area contributed by atoms with Crippen LogP contribution in [0.3, 0.4) is 0 Å². The molecular formula is C7H14N4OS. The number of rotatable bonds is 3. The van der Waals surface area contributed by atoms with Crippen molar-refractivity contribution in [2.45, 2.75) is 12.8 Å². The topological polar surface area (TPSA) is 96.2 Å². The molecule has 13 heavy (non-hydrogen) atoms. The molecule has 1 fully saturated rings. The summed E-state index contributed by atoms with van der Waals surface area (Å²) in [5.74, 6) is -0.610. The van der Waals surface area contributed by atoms with E-state index in [4.69, 9.17) is 16.3 Å². The highest BCUT2D eigenvalue weighted by Crippen LogP contribution is 2.20. The van der Waals surface area contributed by atoms with Gasteiger partial charge in [0.2, 0.25) is 0 Å². The number of hydrogen-bond donors (Lipinski definition) is 3. The number of hydrogen-bond acceptors (Lipinski definition) is 5. The molecule has 0 aromatic heterocycles. The Morgan fingerprint density at radius 3 is 2.38 bits per heavy atom. The highest BCUT2D eigenvalue weighted by atomic mass is 32.2. The number of amidine groups is 1. The molecule has 0 bridgehead atoms. The van der Waals surface area contributed by atoms with Gasteiger partial charge in [0.15, 0.2) is 11.6 Å². The number of Topliss-reactive ketones (excluding diaryl/α,β-unsaturated/α-hetero) is 1. The number of nitrogens with two attached hydrogens (primary N) is 2. The second-order valence-corrected chi connectivity index (χ2v) is 3.81. The number of ketones is 1. The van der Waals surface area contributed by atoms with Crippen molar-refractivity contribution < 1.29 is 4.79 Å². The van der Waals surface area contributed by atoms with Crippen molar-refractivity contribution in [1.29, 1.82) is 5.41 Å². The van der Waals surface area contributed by atoms with E-state index in [2.05, 4.69) is 0 Å². The van der Waals surface area contributed by atoms with E-state index in [1.807, 2.05) is 4.31 Å². The van der Waals surface area contributed by atoms with Gasteiger partial charge in [0.05, 0.1) is 0 Å². The van der Waals surface area contributed by atoms with Crippen molar-refractivity contribution in [3.63, 3.8) is 0 Å². The van der Waals surface area contributed by atoms with Gasteiger partial charge in [-0.05, 0) is 12.8 Å². The predicted molar refractivity (Wildman–Crippen MR) is 53.0 cm³/mol. The Bertz CT molecular complexity index is 213. The van der Waals surface area contributed by atoms with Crippen LogP contribution < -0.4 is 10.9 Å². The van der Waals surface area contributed by atoms with Crippen LogP contribution >= 0.6 is 12.1 Å². The van der Waals surface area contributed by atoms with Crippen LogP contribution in [0.1, 0.15) is 12.8 Å². The molecule has 0 saturated carbocycles. The van der Waals surface area contributed by atoms with Crippen LogP contribution in [0.2, 0.25) is 0 Å². The van der Waals surface area contributed by atoms with Crippen LogP contribution in [-0.4, -0.2) is 29.0 Å². The molecule has 6 heteroatoms. The highest BCUT2D eigenvalue weighted by Gasteiger charge is 2.26. The molecule has 0 aromatic rings. The fraction of sp³-hybridized carbons (Fsp3) is 0.714. The molecule has 0 aliphatic carbocycles. The fourth-order valence-electron chi connectivity index (χ4n) is 1.44. The van der Waals surface area contributed by atoms with Gasteiger partial charge in [0.1, 0.15) is 0 Å². The van der Waals surface area contributed by atoms with Crippen molar-refractivity contribution in [3.8, 4) is 0 Å². The van der Waals surface area contributed by atoms with Crippen LogP contribution in [0.4, 0.5) is 0 Å². The molecular weight excluding hydrogens is 188 g/mol.